The SMILES string of the molecule is CCCCS(=O)c1ccc(N)c(C)c1. The molecule has 0 aromatic heterocycles. The first kappa shape index (κ1) is 11.2. The van der Waals surface area contributed by atoms with E-state index in [4.69, 9.17) is 5.73 Å². The maximum Gasteiger partial charge on any atom is 0.0529 e. The molecule has 0 saturated carbocycles. The van der Waals surface area contributed by atoms with Gasteiger partial charge in [-0.2, -0.15) is 0 Å². The Morgan fingerprint density at radius 2 is 2.14 bits per heavy atom. The molecule has 3 heteroatoms. The zero-order valence-corrected chi connectivity index (χ0v) is 9.56. The number of anilines is 1. The van der Waals surface area contributed by atoms with Crippen LogP contribution in [-0.2, 0) is 10.8 Å². The number of rotatable bonds is 4. The molecule has 2 nitrogen and oxygen atoms in total. The van der Waals surface area contributed by atoms with Gasteiger partial charge in [-0.15, -0.1) is 0 Å². The fourth-order valence-corrected chi connectivity index (χ4v) is 2.50. The van der Waals surface area contributed by atoms with Crippen molar-refractivity contribution in [3.8, 4) is 0 Å². The van der Waals surface area contributed by atoms with Crippen LogP contribution in [0.3, 0.4) is 0 Å². The van der Waals surface area contributed by atoms with Crippen LogP contribution in [0.15, 0.2) is 23.1 Å². The van der Waals surface area contributed by atoms with Crippen LogP contribution in [0.2, 0.25) is 0 Å². The van der Waals surface area contributed by atoms with Crippen molar-refractivity contribution >= 4 is 16.5 Å². The Balaban J connectivity index is 2.76. The van der Waals surface area contributed by atoms with Crippen molar-refractivity contribution in [2.24, 2.45) is 0 Å². The first-order valence-electron chi connectivity index (χ1n) is 4.89. The highest BCUT2D eigenvalue weighted by atomic mass is 32.2. The molecule has 1 aromatic rings. The van der Waals surface area contributed by atoms with E-state index in [0.717, 1.165) is 34.7 Å². The molecule has 78 valence electrons. The fourth-order valence-electron chi connectivity index (χ4n) is 1.18. The summed E-state index contributed by atoms with van der Waals surface area (Å²) in [5.74, 6) is 0.750. The van der Waals surface area contributed by atoms with E-state index in [1.807, 2.05) is 25.1 Å². The van der Waals surface area contributed by atoms with Gasteiger partial charge in [0.25, 0.3) is 0 Å². The quantitative estimate of drug-likeness (QED) is 0.777. The van der Waals surface area contributed by atoms with E-state index in [2.05, 4.69) is 6.92 Å². The van der Waals surface area contributed by atoms with Crippen molar-refractivity contribution < 1.29 is 4.21 Å². The zero-order valence-electron chi connectivity index (χ0n) is 8.75. The van der Waals surface area contributed by atoms with Crippen LogP contribution in [0.25, 0.3) is 0 Å². The van der Waals surface area contributed by atoms with Crippen molar-refractivity contribution in [3.63, 3.8) is 0 Å². The zero-order chi connectivity index (χ0) is 10.6. The van der Waals surface area contributed by atoms with Crippen LogP contribution in [0.5, 0.6) is 0 Å². The van der Waals surface area contributed by atoms with Crippen molar-refractivity contribution in [1.29, 1.82) is 0 Å². The van der Waals surface area contributed by atoms with Crippen LogP contribution in [-0.4, -0.2) is 9.96 Å². The van der Waals surface area contributed by atoms with Crippen molar-refractivity contribution in [1.82, 2.24) is 0 Å². The maximum absolute atomic E-state index is 11.7. The molecule has 0 aliphatic rings. The molecule has 0 aliphatic carbocycles. The van der Waals surface area contributed by atoms with E-state index in [1.165, 1.54) is 0 Å². The highest BCUT2D eigenvalue weighted by molar-refractivity contribution is 7.85. The van der Waals surface area contributed by atoms with Gasteiger partial charge in [-0.25, -0.2) is 0 Å². The molecule has 0 spiro atoms. The maximum atomic E-state index is 11.7. The van der Waals surface area contributed by atoms with Gasteiger partial charge < -0.3 is 5.73 Å². The molecule has 14 heavy (non-hydrogen) atoms. The molecule has 0 amide bonds. The number of unbranched alkanes of at least 4 members (excludes halogenated alkanes) is 1. The fraction of sp³-hybridized carbons (Fsp3) is 0.455. The standard InChI is InChI=1S/C11H17NOS/c1-3-4-7-14(13)10-5-6-11(12)9(2)8-10/h5-6,8H,3-4,7,12H2,1-2H3. The smallest absolute Gasteiger partial charge is 0.0529 e. The third kappa shape index (κ3) is 2.84. The van der Waals surface area contributed by atoms with Crippen LogP contribution in [0.4, 0.5) is 5.69 Å². The molecule has 0 heterocycles. The second kappa shape index (κ2) is 5.15. The number of hydrogen-bond acceptors (Lipinski definition) is 2. The Kier molecular flexibility index (Phi) is 4.14. The molecule has 1 atom stereocenters. The number of aryl methyl sites for hydroxylation is 1. The molecule has 0 bridgehead atoms. The minimum Gasteiger partial charge on any atom is -0.399 e. The summed E-state index contributed by atoms with van der Waals surface area (Å²) >= 11 is 0. The number of hydrogen-bond donors (Lipinski definition) is 1. The van der Waals surface area contributed by atoms with E-state index < -0.39 is 10.8 Å². The van der Waals surface area contributed by atoms with E-state index in [1.54, 1.807) is 0 Å². The summed E-state index contributed by atoms with van der Waals surface area (Å²) < 4.78 is 11.7. The van der Waals surface area contributed by atoms with Crippen molar-refractivity contribution in [3.05, 3.63) is 23.8 Å². The minimum atomic E-state index is -0.857. The van der Waals surface area contributed by atoms with Gasteiger partial charge in [0.15, 0.2) is 0 Å². The topological polar surface area (TPSA) is 43.1 Å². The third-order valence-corrected chi connectivity index (χ3v) is 3.63. The van der Waals surface area contributed by atoms with E-state index in [-0.39, 0.29) is 0 Å². The highest BCUT2D eigenvalue weighted by Crippen LogP contribution is 2.16. The predicted octanol–water partition coefficient (Wildman–Crippen LogP) is 2.48. The Labute approximate surface area is 88.0 Å². The number of nitrogen functional groups attached to an aromatic ring is 1. The third-order valence-electron chi connectivity index (χ3n) is 2.19. The largest absolute Gasteiger partial charge is 0.399 e. The molecule has 0 fully saturated rings. The van der Waals surface area contributed by atoms with Crippen LogP contribution in [0, 0.1) is 6.92 Å². The summed E-state index contributed by atoms with van der Waals surface area (Å²) in [4.78, 5) is 0.894. The number of nitrogens with two attached hydrogens (primary N) is 1. The van der Waals surface area contributed by atoms with Crippen molar-refractivity contribution in [2.75, 3.05) is 11.5 Å². The van der Waals surface area contributed by atoms with Gasteiger partial charge in [-0.1, -0.05) is 13.3 Å². The van der Waals surface area contributed by atoms with Gasteiger partial charge >= 0.3 is 0 Å². The molecule has 1 aromatic carbocycles. The van der Waals surface area contributed by atoms with Gasteiger partial charge in [0, 0.05) is 16.3 Å². The lowest BCUT2D eigenvalue weighted by molar-refractivity contribution is 0.679. The second-order valence-corrected chi connectivity index (χ2v) is 4.99. The highest BCUT2D eigenvalue weighted by Gasteiger charge is 2.04. The molecule has 0 saturated heterocycles. The molecule has 0 aliphatic heterocycles. The van der Waals surface area contributed by atoms with Crippen LogP contribution < -0.4 is 5.73 Å². The average Bonchev–Trinajstić information content (AvgIpc) is 2.18. The average molecular weight is 211 g/mol. The van der Waals surface area contributed by atoms with Crippen molar-refractivity contribution in [2.45, 2.75) is 31.6 Å². The lowest BCUT2D eigenvalue weighted by Gasteiger charge is -2.04. The lowest BCUT2D eigenvalue weighted by Crippen LogP contribution is -1.99. The first-order chi connectivity index (χ1) is 6.65. The summed E-state index contributed by atoms with van der Waals surface area (Å²) in [5, 5.41) is 0. The molecule has 2 N–H and O–H groups in total. The summed E-state index contributed by atoms with van der Waals surface area (Å²) in [5.41, 5.74) is 7.46. The Morgan fingerprint density at radius 1 is 1.43 bits per heavy atom. The van der Waals surface area contributed by atoms with E-state index >= 15 is 0 Å². The van der Waals surface area contributed by atoms with Gasteiger partial charge in [0.05, 0.1) is 10.8 Å². The first-order valence-corrected chi connectivity index (χ1v) is 6.21. The second-order valence-electron chi connectivity index (χ2n) is 3.42. The van der Waals surface area contributed by atoms with E-state index in [0.29, 0.717) is 0 Å². The number of benzene rings is 1. The monoisotopic (exact) mass is 211 g/mol. The predicted molar refractivity (Wildman–Crippen MR) is 61.8 cm³/mol. The van der Waals surface area contributed by atoms with Gasteiger partial charge in [0.1, 0.15) is 0 Å². The van der Waals surface area contributed by atoms with Crippen LogP contribution in [0.1, 0.15) is 25.3 Å². The molecular weight excluding hydrogens is 194 g/mol. The Hall–Kier alpha value is -0.830. The summed E-state index contributed by atoms with van der Waals surface area (Å²) in [6.07, 6.45) is 2.09. The van der Waals surface area contributed by atoms with Gasteiger partial charge in [-0.05, 0) is 37.1 Å². The molecule has 0 radical (unpaired) electrons. The normalized spacial score (nSPS) is 12.7. The Morgan fingerprint density at radius 3 is 2.71 bits per heavy atom. The summed E-state index contributed by atoms with van der Waals surface area (Å²) in [7, 11) is -0.857. The molecule has 1 unspecified atom stereocenters. The summed E-state index contributed by atoms with van der Waals surface area (Å²) in [6.45, 7) is 4.04. The lowest BCUT2D eigenvalue weighted by atomic mass is 10.2. The molecule has 1 rings (SSSR count). The molecular formula is C11H17NOS. The van der Waals surface area contributed by atoms with Gasteiger partial charge in [0.2, 0.25) is 0 Å². The minimum absolute atomic E-state index is 0.750. The Bertz CT molecular complexity index is 336. The summed E-state index contributed by atoms with van der Waals surface area (Å²) in [6, 6.07) is 5.60. The van der Waals surface area contributed by atoms with Crippen LogP contribution >= 0.6 is 0 Å². The van der Waals surface area contributed by atoms with Gasteiger partial charge in [-0.3, -0.25) is 4.21 Å². The van der Waals surface area contributed by atoms with E-state index in [9.17, 15) is 4.21 Å².